The van der Waals surface area contributed by atoms with Crippen LogP contribution in [0.25, 0.3) is 0 Å². The first-order chi connectivity index (χ1) is 11.5. The predicted molar refractivity (Wildman–Crippen MR) is 89.4 cm³/mol. The fourth-order valence-corrected chi connectivity index (χ4v) is 2.67. The summed E-state index contributed by atoms with van der Waals surface area (Å²) in [6, 6.07) is 4.85. The normalized spacial score (nSPS) is 14.7. The number of pyridine rings is 1. The third-order valence-electron chi connectivity index (χ3n) is 3.87. The first-order valence-electron chi connectivity index (χ1n) is 7.47. The maximum atomic E-state index is 12.3. The van der Waals surface area contributed by atoms with Crippen LogP contribution in [0.4, 0.5) is 5.82 Å². The average molecular weight is 350 g/mol. The molecule has 8 nitrogen and oxygen atoms in total. The lowest BCUT2D eigenvalue weighted by Gasteiger charge is -2.35. The standard InChI is InChI=1S/C15H16ClN5O3/c16-11-1-2-12(17-9-11)19-5-7-20(8-6-19)14(23)10-21-4-3-13(22)18-15(21)24/h1-4,9H,5-8,10H2,(H,18,22,24). The number of halogens is 1. The van der Waals surface area contributed by atoms with Crippen molar-refractivity contribution in [1.82, 2.24) is 19.4 Å². The van der Waals surface area contributed by atoms with Crippen LogP contribution in [-0.4, -0.2) is 51.5 Å². The second kappa shape index (κ2) is 6.88. The van der Waals surface area contributed by atoms with Crippen molar-refractivity contribution in [2.45, 2.75) is 6.54 Å². The molecule has 0 bridgehead atoms. The quantitative estimate of drug-likeness (QED) is 0.838. The summed E-state index contributed by atoms with van der Waals surface area (Å²) in [5.74, 6) is 0.663. The van der Waals surface area contributed by atoms with Crippen molar-refractivity contribution >= 4 is 23.3 Å². The third-order valence-corrected chi connectivity index (χ3v) is 4.09. The molecule has 0 unspecified atom stereocenters. The van der Waals surface area contributed by atoms with Gasteiger partial charge in [-0.2, -0.15) is 0 Å². The Balaban J connectivity index is 1.59. The van der Waals surface area contributed by atoms with E-state index >= 15 is 0 Å². The maximum Gasteiger partial charge on any atom is 0.328 e. The van der Waals surface area contributed by atoms with E-state index < -0.39 is 11.2 Å². The molecule has 24 heavy (non-hydrogen) atoms. The molecular formula is C15H16ClN5O3. The Kier molecular flexibility index (Phi) is 4.66. The number of carbonyl (C=O) groups is 1. The van der Waals surface area contributed by atoms with Crippen LogP contribution >= 0.6 is 11.6 Å². The summed E-state index contributed by atoms with van der Waals surface area (Å²) < 4.78 is 1.19. The lowest BCUT2D eigenvalue weighted by Crippen LogP contribution is -2.50. The number of hydrogen-bond acceptors (Lipinski definition) is 5. The summed E-state index contributed by atoms with van der Waals surface area (Å²) >= 11 is 5.83. The van der Waals surface area contributed by atoms with Crippen LogP contribution in [0.15, 0.2) is 40.2 Å². The molecule has 1 fully saturated rings. The van der Waals surface area contributed by atoms with Crippen LogP contribution in [0.3, 0.4) is 0 Å². The molecular weight excluding hydrogens is 334 g/mol. The molecule has 2 aromatic rings. The van der Waals surface area contributed by atoms with Crippen molar-refractivity contribution in [1.29, 1.82) is 0 Å². The van der Waals surface area contributed by atoms with E-state index in [1.54, 1.807) is 17.2 Å². The molecule has 1 aliphatic rings. The highest BCUT2D eigenvalue weighted by Crippen LogP contribution is 2.16. The first kappa shape index (κ1) is 16.3. The van der Waals surface area contributed by atoms with Crippen LogP contribution in [0, 0.1) is 0 Å². The monoisotopic (exact) mass is 349 g/mol. The summed E-state index contributed by atoms with van der Waals surface area (Å²) in [6.45, 7) is 2.30. The van der Waals surface area contributed by atoms with E-state index in [1.807, 2.05) is 6.07 Å². The molecule has 1 amide bonds. The number of hydrogen-bond donors (Lipinski definition) is 1. The Bertz CT molecular complexity index is 837. The minimum atomic E-state index is -0.583. The van der Waals surface area contributed by atoms with Crippen LogP contribution in [0.5, 0.6) is 0 Å². The smallest absolute Gasteiger partial charge is 0.328 e. The van der Waals surface area contributed by atoms with Gasteiger partial charge < -0.3 is 9.80 Å². The molecule has 0 aromatic carbocycles. The minimum absolute atomic E-state index is 0.0885. The largest absolute Gasteiger partial charge is 0.353 e. The molecule has 0 spiro atoms. The molecule has 9 heteroatoms. The second-order valence-corrected chi connectivity index (χ2v) is 5.88. The van der Waals surface area contributed by atoms with E-state index in [1.165, 1.54) is 16.8 Å². The highest BCUT2D eigenvalue weighted by molar-refractivity contribution is 6.30. The number of aromatic amines is 1. The van der Waals surface area contributed by atoms with E-state index in [4.69, 9.17) is 11.6 Å². The van der Waals surface area contributed by atoms with Crippen molar-refractivity contribution in [2.24, 2.45) is 0 Å². The summed E-state index contributed by atoms with van der Waals surface area (Å²) in [5, 5.41) is 0.582. The molecule has 0 saturated carbocycles. The molecule has 0 radical (unpaired) electrons. The van der Waals surface area contributed by atoms with Gasteiger partial charge in [-0.15, -0.1) is 0 Å². The highest BCUT2D eigenvalue weighted by atomic mass is 35.5. The van der Waals surface area contributed by atoms with Gasteiger partial charge in [0, 0.05) is 44.6 Å². The number of rotatable bonds is 3. The van der Waals surface area contributed by atoms with Crippen LogP contribution in [0.1, 0.15) is 0 Å². The van der Waals surface area contributed by atoms with Gasteiger partial charge in [-0.3, -0.25) is 19.1 Å². The number of nitrogens with zero attached hydrogens (tertiary/aromatic N) is 4. The first-order valence-corrected chi connectivity index (χ1v) is 7.85. The number of nitrogens with one attached hydrogen (secondary N) is 1. The minimum Gasteiger partial charge on any atom is -0.353 e. The Labute approximate surface area is 142 Å². The molecule has 2 aromatic heterocycles. The summed E-state index contributed by atoms with van der Waals surface area (Å²) in [5.41, 5.74) is -1.06. The predicted octanol–water partition coefficient (Wildman–Crippen LogP) is -0.0662. The Morgan fingerprint density at radius 1 is 1.17 bits per heavy atom. The number of aromatic nitrogens is 3. The molecule has 3 heterocycles. The zero-order valence-electron chi connectivity index (χ0n) is 12.8. The fraction of sp³-hybridized carbons (Fsp3) is 0.333. The lowest BCUT2D eigenvalue weighted by molar-refractivity contribution is -0.132. The van der Waals surface area contributed by atoms with E-state index in [2.05, 4.69) is 14.9 Å². The highest BCUT2D eigenvalue weighted by Gasteiger charge is 2.22. The van der Waals surface area contributed by atoms with E-state index in [0.717, 1.165) is 5.82 Å². The van der Waals surface area contributed by atoms with Gasteiger partial charge >= 0.3 is 5.69 Å². The van der Waals surface area contributed by atoms with Gasteiger partial charge in [0.1, 0.15) is 12.4 Å². The summed E-state index contributed by atoms with van der Waals surface area (Å²) in [4.78, 5) is 45.2. The number of carbonyl (C=O) groups excluding carboxylic acids is 1. The number of amides is 1. The van der Waals surface area contributed by atoms with Gasteiger partial charge in [0.25, 0.3) is 5.56 Å². The fourth-order valence-electron chi connectivity index (χ4n) is 2.55. The van der Waals surface area contributed by atoms with Crippen LogP contribution < -0.4 is 16.1 Å². The number of anilines is 1. The van der Waals surface area contributed by atoms with Gasteiger partial charge in [-0.05, 0) is 12.1 Å². The van der Waals surface area contributed by atoms with Crippen molar-refractivity contribution in [2.75, 3.05) is 31.1 Å². The van der Waals surface area contributed by atoms with Gasteiger partial charge in [-0.1, -0.05) is 11.6 Å². The summed E-state index contributed by atoms with van der Waals surface area (Å²) in [6.07, 6.45) is 2.92. The SMILES string of the molecule is O=C(Cn1ccc(=O)[nH]c1=O)N1CCN(c2ccc(Cl)cn2)CC1. The molecule has 1 aliphatic heterocycles. The van der Waals surface area contributed by atoms with E-state index in [0.29, 0.717) is 31.2 Å². The lowest BCUT2D eigenvalue weighted by atomic mass is 10.3. The van der Waals surface area contributed by atoms with Crippen molar-refractivity contribution in [3.05, 3.63) is 56.5 Å². The topological polar surface area (TPSA) is 91.3 Å². The molecule has 1 saturated heterocycles. The molecule has 3 rings (SSSR count). The third kappa shape index (κ3) is 3.65. The Hall–Kier alpha value is -2.61. The van der Waals surface area contributed by atoms with Crippen LogP contribution in [-0.2, 0) is 11.3 Å². The zero-order chi connectivity index (χ0) is 17.1. The van der Waals surface area contributed by atoms with E-state index in [-0.39, 0.29) is 12.5 Å². The van der Waals surface area contributed by atoms with Crippen LogP contribution in [0.2, 0.25) is 5.02 Å². The number of H-pyrrole nitrogens is 1. The van der Waals surface area contributed by atoms with Gasteiger partial charge in [0.15, 0.2) is 0 Å². The molecule has 0 aliphatic carbocycles. The van der Waals surface area contributed by atoms with Crippen molar-refractivity contribution in [3.8, 4) is 0 Å². The van der Waals surface area contributed by atoms with Gasteiger partial charge in [0.2, 0.25) is 5.91 Å². The van der Waals surface area contributed by atoms with Crippen molar-refractivity contribution < 1.29 is 4.79 Å². The van der Waals surface area contributed by atoms with Crippen molar-refractivity contribution in [3.63, 3.8) is 0 Å². The average Bonchev–Trinajstić information content (AvgIpc) is 2.58. The van der Waals surface area contributed by atoms with Gasteiger partial charge in [0.05, 0.1) is 5.02 Å². The maximum absolute atomic E-state index is 12.3. The molecule has 126 valence electrons. The molecule has 1 N–H and O–H groups in total. The molecule has 0 atom stereocenters. The van der Waals surface area contributed by atoms with E-state index in [9.17, 15) is 14.4 Å². The Morgan fingerprint density at radius 3 is 2.54 bits per heavy atom. The Morgan fingerprint density at radius 2 is 1.92 bits per heavy atom. The van der Waals surface area contributed by atoms with Gasteiger partial charge in [-0.25, -0.2) is 9.78 Å². The summed E-state index contributed by atoms with van der Waals surface area (Å²) in [7, 11) is 0. The second-order valence-electron chi connectivity index (χ2n) is 5.44. The number of piperazine rings is 1. The zero-order valence-corrected chi connectivity index (χ0v) is 13.6.